The van der Waals surface area contributed by atoms with Gasteiger partial charge in [-0.3, -0.25) is 4.79 Å². The second-order valence-corrected chi connectivity index (χ2v) is 8.13. The number of H-pyrrole nitrogens is 1. The van der Waals surface area contributed by atoms with E-state index in [0.717, 1.165) is 10.0 Å². The van der Waals surface area contributed by atoms with E-state index in [0.29, 0.717) is 39.6 Å². The third-order valence-corrected chi connectivity index (χ3v) is 5.61. The largest absolute Gasteiger partial charge is 0.497 e. The topological polar surface area (TPSA) is 118 Å². The Morgan fingerprint density at radius 1 is 1.19 bits per heavy atom. The van der Waals surface area contributed by atoms with Crippen molar-refractivity contribution < 1.29 is 9.26 Å². The van der Waals surface area contributed by atoms with Crippen molar-refractivity contribution in [3.8, 4) is 34.5 Å². The number of nitrogens with one attached hydrogen (secondary N) is 1. The minimum Gasteiger partial charge on any atom is -0.497 e. The van der Waals surface area contributed by atoms with Gasteiger partial charge in [0, 0.05) is 15.6 Å². The third kappa shape index (κ3) is 4.68. The maximum Gasteiger partial charge on any atom is 0.270 e. The standard InChI is InChI=1S/C21H14BrN5O3S/c1-29-15-7-5-12(6-8-15)18-16(10-23)20(28)26-21(25-18)31-11-17-24-19(27-30-17)13-3-2-4-14(22)9-13/h2-9H,11H2,1H3,(H,25,26,28). The van der Waals surface area contributed by atoms with Gasteiger partial charge in [0.05, 0.1) is 18.6 Å². The van der Waals surface area contributed by atoms with Gasteiger partial charge in [0.15, 0.2) is 5.16 Å². The molecule has 0 bridgehead atoms. The summed E-state index contributed by atoms with van der Waals surface area (Å²) in [6, 6.07) is 16.5. The zero-order valence-corrected chi connectivity index (χ0v) is 18.5. The first-order chi connectivity index (χ1) is 15.1. The normalized spacial score (nSPS) is 10.6. The molecule has 4 aromatic rings. The number of ether oxygens (including phenoxy) is 1. The number of methoxy groups -OCH3 is 1. The van der Waals surface area contributed by atoms with Crippen LogP contribution in [-0.2, 0) is 5.75 Å². The number of benzene rings is 2. The van der Waals surface area contributed by atoms with Crippen LogP contribution in [0.1, 0.15) is 11.5 Å². The lowest BCUT2D eigenvalue weighted by molar-refractivity contribution is 0.391. The monoisotopic (exact) mass is 495 g/mol. The number of hydrogen-bond acceptors (Lipinski definition) is 8. The fraction of sp³-hybridized carbons (Fsp3) is 0.0952. The van der Waals surface area contributed by atoms with Crippen LogP contribution in [0.25, 0.3) is 22.6 Å². The van der Waals surface area contributed by atoms with Gasteiger partial charge in [-0.1, -0.05) is 45.0 Å². The zero-order valence-electron chi connectivity index (χ0n) is 16.1. The Morgan fingerprint density at radius 3 is 2.71 bits per heavy atom. The fourth-order valence-electron chi connectivity index (χ4n) is 2.77. The third-order valence-electron chi connectivity index (χ3n) is 4.26. The van der Waals surface area contributed by atoms with Crippen LogP contribution >= 0.6 is 27.7 Å². The Bertz CT molecular complexity index is 1330. The Hall–Kier alpha value is -3.42. The van der Waals surface area contributed by atoms with Gasteiger partial charge in [-0.2, -0.15) is 10.2 Å². The van der Waals surface area contributed by atoms with Crippen molar-refractivity contribution in [1.29, 1.82) is 5.26 Å². The highest BCUT2D eigenvalue weighted by Gasteiger charge is 2.15. The zero-order chi connectivity index (χ0) is 21.8. The van der Waals surface area contributed by atoms with E-state index in [4.69, 9.17) is 9.26 Å². The van der Waals surface area contributed by atoms with Gasteiger partial charge in [-0.15, -0.1) is 0 Å². The van der Waals surface area contributed by atoms with Crippen molar-refractivity contribution in [2.75, 3.05) is 7.11 Å². The minimum atomic E-state index is -0.508. The minimum absolute atomic E-state index is 0.0516. The van der Waals surface area contributed by atoms with Gasteiger partial charge < -0.3 is 14.2 Å². The smallest absolute Gasteiger partial charge is 0.270 e. The molecule has 0 radical (unpaired) electrons. The fourth-order valence-corrected chi connectivity index (χ4v) is 3.87. The molecule has 0 unspecified atom stereocenters. The molecule has 0 fully saturated rings. The molecule has 0 saturated carbocycles. The van der Waals surface area contributed by atoms with Crippen LogP contribution in [0.2, 0.25) is 0 Å². The number of thioether (sulfide) groups is 1. The average Bonchev–Trinajstić information content (AvgIpc) is 3.26. The first kappa shape index (κ1) is 20.8. The van der Waals surface area contributed by atoms with Gasteiger partial charge in [0.25, 0.3) is 5.56 Å². The lowest BCUT2D eigenvalue weighted by atomic mass is 10.1. The quantitative estimate of drug-likeness (QED) is 0.308. The van der Waals surface area contributed by atoms with Crippen molar-refractivity contribution >= 4 is 27.7 Å². The molecule has 2 heterocycles. The summed E-state index contributed by atoms with van der Waals surface area (Å²) in [7, 11) is 1.56. The molecule has 0 spiro atoms. The molecule has 0 atom stereocenters. The Kier molecular flexibility index (Phi) is 6.16. The molecule has 0 aliphatic carbocycles. The van der Waals surface area contributed by atoms with E-state index in [2.05, 4.69) is 36.0 Å². The summed E-state index contributed by atoms with van der Waals surface area (Å²) in [4.78, 5) is 23.9. The summed E-state index contributed by atoms with van der Waals surface area (Å²) in [6.07, 6.45) is 0. The van der Waals surface area contributed by atoms with Crippen molar-refractivity contribution in [2.24, 2.45) is 0 Å². The number of aromatic amines is 1. The molecule has 31 heavy (non-hydrogen) atoms. The van der Waals surface area contributed by atoms with Gasteiger partial charge in [0.1, 0.15) is 17.4 Å². The number of hydrogen-bond donors (Lipinski definition) is 1. The highest BCUT2D eigenvalue weighted by atomic mass is 79.9. The summed E-state index contributed by atoms with van der Waals surface area (Å²) < 4.78 is 11.4. The van der Waals surface area contributed by atoms with Gasteiger partial charge in [-0.05, 0) is 36.4 Å². The van der Waals surface area contributed by atoms with Crippen molar-refractivity contribution in [3.63, 3.8) is 0 Å². The van der Waals surface area contributed by atoms with Crippen molar-refractivity contribution in [3.05, 3.63) is 74.8 Å². The molecule has 0 amide bonds. The summed E-state index contributed by atoms with van der Waals surface area (Å²) in [5, 5.41) is 13.8. The van der Waals surface area contributed by atoms with Gasteiger partial charge >= 0.3 is 0 Å². The van der Waals surface area contributed by atoms with E-state index in [1.54, 1.807) is 31.4 Å². The van der Waals surface area contributed by atoms with E-state index in [-0.39, 0.29) is 5.56 Å². The molecular formula is C21H14BrN5O3S. The number of nitriles is 1. The summed E-state index contributed by atoms with van der Waals surface area (Å²) in [6.45, 7) is 0. The van der Waals surface area contributed by atoms with E-state index in [1.165, 1.54) is 11.8 Å². The first-order valence-electron chi connectivity index (χ1n) is 8.97. The Morgan fingerprint density at radius 2 is 2.00 bits per heavy atom. The molecule has 10 heteroatoms. The maximum absolute atomic E-state index is 12.4. The molecule has 1 N–H and O–H groups in total. The van der Waals surface area contributed by atoms with Gasteiger partial charge in [0.2, 0.25) is 11.7 Å². The van der Waals surface area contributed by atoms with Crippen molar-refractivity contribution in [1.82, 2.24) is 20.1 Å². The lowest BCUT2D eigenvalue weighted by Gasteiger charge is -2.06. The average molecular weight is 496 g/mol. The maximum atomic E-state index is 12.4. The molecule has 8 nitrogen and oxygen atoms in total. The second-order valence-electron chi connectivity index (χ2n) is 6.25. The number of aromatic nitrogens is 4. The van der Waals surface area contributed by atoms with E-state index < -0.39 is 5.56 Å². The molecule has 4 rings (SSSR count). The number of halogens is 1. The second kappa shape index (κ2) is 9.16. The number of rotatable bonds is 6. The Balaban J connectivity index is 1.57. The van der Waals surface area contributed by atoms with Crippen LogP contribution in [0.5, 0.6) is 5.75 Å². The predicted molar refractivity (Wildman–Crippen MR) is 119 cm³/mol. The number of nitrogens with zero attached hydrogens (tertiary/aromatic N) is 4. The molecule has 0 aliphatic heterocycles. The van der Waals surface area contributed by atoms with Crippen LogP contribution in [0.3, 0.4) is 0 Å². The van der Waals surface area contributed by atoms with Crippen LogP contribution in [0, 0.1) is 11.3 Å². The van der Waals surface area contributed by atoms with E-state index >= 15 is 0 Å². The first-order valence-corrected chi connectivity index (χ1v) is 10.8. The van der Waals surface area contributed by atoms with Crippen molar-refractivity contribution in [2.45, 2.75) is 10.9 Å². The molecule has 2 aromatic carbocycles. The van der Waals surface area contributed by atoms with Crippen LogP contribution in [0.15, 0.2) is 67.5 Å². The SMILES string of the molecule is COc1ccc(-c2nc(SCc3nc(-c4cccc(Br)c4)no3)[nH]c(=O)c2C#N)cc1. The highest BCUT2D eigenvalue weighted by Crippen LogP contribution is 2.26. The highest BCUT2D eigenvalue weighted by molar-refractivity contribution is 9.10. The Labute approximate surface area is 189 Å². The molecule has 154 valence electrons. The van der Waals surface area contributed by atoms with Crippen LogP contribution in [0.4, 0.5) is 0 Å². The van der Waals surface area contributed by atoms with E-state index in [9.17, 15) is 10.1 Å². The summed E-state index contributed by atoms with van der Waals surface area (Å²) in [5.74, 6) is 1.83. The lowest BCUT2D eigenvalue weighted by Crippen LogP contribution is -2.14. The van der Waals surface area contributed by atoms with Crippen LogP contribution < -0.4 is 10.3 Å². The summed E-state index contributed by atoms with van der Waals surface area (Å²) in [5.41, 5.74) is 1.20. The van der Waals surface area contributed by atoms with Crippen LogP contribution in [-0.4, -0.2) is 27.2 Å². The summed E-state index contributed by atoms with van der Waals surface area (Å²) >= 11 is 4.65. The molecule has 0 aliphatic rings. The molecular weight excluding hydrogens is 482 g/mol. The van der Waals surface area contributed by atoms with Gasteiger partial charge in [-0.25, -0.2) is 4.98 Å². The van der Waals surface area contributed by atoms with E-state index in [1.807, 2.05) is 30.3 Å². The molecule has 0 saturated heterocycles. The predicted octanol–water partition coefficient (Wildman–Crippen LogP) is 4.42. The molecule has 2 aromatic heterocycles.